The minimum Gasteiger partial charge on any atom is -0.379 e. The Bertz CT molecular complexity index is 431. The third-order valence-electron chi connectivity index (χ3n) is 3.64. The van der Waals surface area contributed by atoms with E-state index >= 15 is 0 Å². The molecule has 4 nitrogen and oxygen atoms in total. The van der Waals surface area contributed by atoms with Gasteiger partial charge in [0.25, 0.3) is 5.91 Å². The number of amides is 1. The zero-order valence-corrected chi connectivity index (χ0v) is 12.3. The fourth-order valence-electron chi connectivity index (χ4n) is 2.72. The average Bonchev–Trinajstić information content (AvgIpc) is 2.98. The lowest BCUT2D eigenvalue weighted by Crippen LogP contribution is -2.46. The van der Waals surface area contributed by atoms with Crippen LogP contribution in [0.15, 0.2) is 18.3 Å². The molecule has 1 aliphatic rings. The van der Waals surface area contributed by atoms with Crippen LogP contribution in [0, 0.1) is 0 Å². The van der Waals surface area contributed by atoms with Crippen molar-refractivity contribution in [1.29, 1.82) is 0 Å². The van der Waals surface area contributed by atoms with Crippen LogP contribution in [0.5, 0.6) is 0 Å². The molecule has 0 radical (unpaired) electrons. The Labute approximate surface area is 115 Å². The fraction of sp³-hybridized carbons (Fsp3) is 0.667. The van der Waals surface area contributed by atoms with Crippen LogP contribution in [-0.4, -0.2) is 40.7 Å². The minimum atomic E-state index is 0.115. The van der Waals surface area contributed by atoms with Gasteiger partial charge in [0.2, 0.25) is 0 Å². The molecule has 2 heterocycles. The van der Waals surface area contributed by atoms with Gasteiger partial charge < -0.3 is 14.2 Å². The maximum absolute atomic E-state index is 12.8. The Morgan fingerprint density at radius 2 is 2.16 bits per heavy atom. The molecule has 0 aromatic carbocycles. The second-order valence-corrected chi connectivity index (χ2v) is 5.72. The fourth-order valence-corrected chi connectivity index (χ4v) is 2.72. The zero-order valence-electron chi connectivity index (χ0n) is 12.3. The molecule has 1 fully saturated rings. The first-order chi connectivity index (χ1) is 9.02. The first-order valence-electron chi connectivity index (χ1n) is 7.09. The molecule has 0 saturated carbocycles. The summed E-state index contributed by atoms with van der Waals surface area (Å²) in [6.07, 6.45) is 2.91. The van der Waals surface area contributed by atoms with E-state index in [9.17, 15) is 4.79 Å². The molecule has 0 unspecified atom stereocenters. The van der Waals surface area contributed by atoms with Crippen molar-refractivity contribution in [2.75, 3.05) is 13.2 Å². The molecule has 19 heavy (non-hydrogen) atoms. The van der Waals surface area contributed by atoms with E-state index in [0.717, 1.165) is 18.7 Å². The zero-order chi connectivity index (χ0) is 14.0. The van der Waals surface area contributed by atoms with Crippen molar-refractivity contribution >= 4 is 5.91 Å². The van der Waals surface area contributed by atoms with Gasteiger partial charge >= 0.3 is 0 Å². The molecule has 1 atom stereocenters. The maximum atomic E-state index is 12.8. The largest absolute Gasteiger partial charge is 0.379 e. The molecule has 4 heteroatoms. The van der Waals surface area contributed by atoms with Crippen molar-refractivity contribution in [3.8, 4) is 0 Å². The first kappa shape index (κ1) is 14.1. The minimum absolute atomic E-state index is 0.115. The van der Waals surface area contributed by atoms with Crippen molar-refractivity contribution in [2.45, 2.75) is 52.2 Å². The van der Waals surface area contributed by atoms with E-state index in [1.807, 2.05) is 27.8 Å². The highest BCUT2D eigenvalue weighted by Crippen LogP contribution is 2.20. The third-order valence-corrected chi connectivity index (χ3v) is 3.64. The van der Waals surface area contributed by atoms with Gasteiger partial charge in [-0.3, -0.25) is 4.79 Å². The van der Waals surface area contributed by atoms with E-state index in [1.54, 1.807) is 0 Å². The van der Waals surface area contributed by atoms with Gasteiger partial charge in [-0.25, -0.2) is 0 Å². The molecule has 1 aromatic rings. The smallest absolute Gasteiger partial charge is 0.271 e. The highest BCUT2D eigenvalue weighted by molar-refractivity contribution is 5.93. The topological polar surface area (TPSA) is 34.5 Å². The van der Waals surface area contributed by atoms with E-state index in [1.165, 1.54) is 0 Å². The summed E-state index contributed by atoms with van der Waals surface area (Å²) in [6.45, 7) is 9.74. The lowest BCUT2D eigenvalue weighted by Gasteiger charge is -2.32. The highest BCUT2D eigenvalue weighted by Gasteiger charge is 2.31. The second-order valence-electron chi connectivity index (χ2n) is 5.72. The van der Waals surface area contributed by atoms with Gasteiger partial charge in [-0.1, -0.05) is 0 Å². The monoisotopic (exact) mass is 264 g/mol. The molecule has 0 N–H and O–H groups in total. The number of carbonyl (C=O) groups excluding carboxylic acids is 1. The van der Waals surface area contributed by atoms with Crippen LogP contribution in [0.3, 0.4) is 0 Å². The summed E-state index contributed by atoms with van der Waals surface area (Å²) in [6, 6.07) is 4.55. The van der Waals surface area contributed by atoms with Crippen molar-refractivity contribution in [3.63, 3.8) is 0 Å². The molecular formula is C15H24N2O2. The summed E-state index contributed by atoms with van der Waals surface area (Å²) >= 11 is 0. The van der Waals surface area contributed by atoms with Crippen LogP contribution in [-0.2, 0) is 4.74 Å². The lowest BCUT2D eigenvalue weighted by molar-refractivity contribution is 0.0569. The van der Waals surface area contributed by atoms with Crippen LogP contribution >= 0.6 is 0 Å². The van der Waals surface area contributed by atoms with Gasteiger partial charge in [-0.2, -0.15) is 0 Å². The van der Waals surface area contributed by atoms with Crippen molar-refractivity contribution in [3.05, 3.63) is 24.0 Å². The van der Waals surface area contributed by atoms with Gasteiger partial charge in [-0.05, 0) is 46.2 Å². The van der Waals surface area contributed by atoms with Crippen LogP contribution in [0.2, 0.25) is 0 Å². The van der Waals surface area contributed by atoms with E-state index in [0.29, 0.717) is 12.6 Å². The quantitative estimate of drug-likeness (QED) is 0.838. The molecule has 0 aliphatic carbocycles. The maximum Gasteiger partial charge on any atom is 0.271 e. The van der Waals surface area contributed by atoms with Crippen molar-refractivity contribution in [1.82, 2.24) is 9.47 Å². The van der Waals surface area contributed by atoms with Crippen LogP contribution in [0.1, 0.15) is 50.6 Å². The summed E-state index contributed by atoms with van der Waals surface area (Å²) in [5, 5.41) is 0. The van der Waals surface area contributed by atoms with E-state index in [4.69, 9.17) is 4.74 Å². The average molecular weight is 264 g/mol. The number of nitrogens with zero attached hydrogens (tertiary/aromatic N) is 2. The van der Waals surface area contributed by atoms with Gasteiger partial charge in [0, 0.05) is 24.9 Å². The molecule has 2 rings (SSSR count). The Hall–Kier alpha value is -1.29. The Morgan fingerprint density at radius 1 is 1.42 bits per heavy atom. The predicted octanol–water partition coefficient (Wildman–Crippen LogP) is 2.71. The van der Waals surface area contributed by atoms with Crippen LogP contribution in [0.4, 0.5) is 0 Å². The molecule has 1 amide bonds. The summed E-state index contributed by atoms with van der Waals surface area (Å²) in [5.74, 6) is 0.115. The lowest BCUT2D eigenvalue weighted by atomic mass is 10.1. The summed E-state index contributed by atoms with van der Waals surface area (Å²) < 4.78 is 7.47. The van der Waals surface area contributed by atoms with E-state index < -0.39 is 0 Å². The molecule has 0 bridgehead atoms. The summed E-state index contributed by atoms with van der Waals surface area (Å²) in [5.41, 5.74) is 0.774. The number of hydrogen-bond acceptors (Lipinski definition) is 2. The van der Waals surface area contributed by atoms with E-state index in [2.05, 4.69) is 27.7 Å². The number of ether oxygens (including phenoxy) is 1. The standard InChI is InChI=1S/C15H24N2O2/c1-11(2)16-8-5-6-14(16)15(18)17(12(3)4)13-7-9-19-10-13/h5-6,8,11-13H,7,9-10H2,1-4H3/t13-/m1/s1. The Kier molecular flexibility index (Phi) is 4.30. The van der Waals surface area contributed by atoms with Gasteiger partial charge in [0.15, 0.2) is 0 Å². The number of rotatable bonds is 4. The SMILES string of the molecule is CC(C)N(C(=O)c1cccn1C(C)C)[C@@H]1CCOC1. The number of aromatic nitrogens is 1. The first-order valence-corrected chi connectivity index (χ1v) is 7.09. The normalized spacial score (nSPS) is 19.4. The molecule has 1 aliphatic heterocycles. The number of carbonyl (C=O) groups is 1. The highest BCUT2D eigenvalue weighted by atomic mass is 16.5. The summed E-state index contributed by atoms with van der Waals surface area (Å²) in [7, 11) is 0. The Balaban J connectivity index is 2.26. The van der Waals surface area contributed by atoms with Gasteiger partial charge in [0.05, 0.1) is 12.6 Å². The molecule has 106 valence electrons. The number of hydrogen-bond donors (Lipinski definition) is 0. The molecule has 1 saturated heterocycles. The van der Waals surface area contributed by atoms with Crippen molar-refractivity contribution < 1.29 is 9.53 Å². The Morgan fingerprint density at radius 3 is 2.68 bits per heavy atom. The third kappa shape index (κ3) is 2.84. The van der Waals surface area contributed by atoms with Crippen molar-refractivity contribution in [2.24, 2.45) is 0 Å². The molecular weight excluding hydrogens is 240 g/mol. The second kappa shape index (κ2) is 5.78. The summed E-state index contributed by atoms with van der Waals surface area (Å²) in [4.78, 5) is 14.8. The van der Waals surface area contributed by atoms with Gasteiger partial charge in [-0.15, -0.1) is 0 Å². The van der Waals surface area contributed by atoms with E-state index in [-0.39, 0.29) is 18.0 Å². The predicted molar refractivity (Wildman–Crippen MR) is 75.3 cm³/mol. The molecule has 0 spiro atoms. The van der Waals surface area contributed by atoms with Crippen LogP contribution in [0.25, 0.3) is 0 Å². The van der Waals surface area contributed by atoms with Gasteiger partial charge in [0.1, 0.15) is 5.69 Å². The van der Waals surface area contributed by atoms with Crippen LogP contribution < -0.4 is 0 Å². The molecule has 1 aromatic heterocycles.